The number of hydrogen-bond acceptors (Lipinski definition) is 3. The van der Waals surface area contributed by atoms with Crippen LogP contribution in [0.2, 0.25) is 0 Å². The molecule has 0 saturated carbocycles. The largest absolute Gasteiger partial charge is 0.505 e. The van der Waals surface area contributed by atoms with Gasteiger partial charge < -0.3 is 10.1 Å². The topological polar surface area (TPSA) is 81.3 Å². The van der Waals surface area contributed by atoms with E-state index in [9.17, 15) is 9.90 Å². The Balaban J connectivity index is 2.62. The standard InChI is InChI=1S/C13H9N3O2/c1-7-2-3-10-8(4-7)13(18)16-6-11(17)9(5-14)12(16)15-10/h2-4,6,15,17H,1H3. The zero-order valence-corrected chi connectivity index (χ0v) is 9.56. The number of aromatic hydroxyl groups is 1. The first kappa shape index (κ1) is 10.4. The lowest BCUT2D eigenvalue weighted by Gasteiger charge is -2.01. The molecule has 0 bridgehead atoms. The van der Waals surface area contributed by atoms with Crippen molar-refractivity contribution in [2.75, 3.05) is 0 Å². The summed E-state index contributed by atoms with van der Waals surface area (Å²) in [7, 11) is 0. The number of nitrogens with one attached hydrogen (secondary N) is 1. The van der Waals surface area contributed by atoms with E-state index in [0.29, 0.717) is 16.6 Å². The van der Waals surface area contributed by atoms with Gasteiger partial charge in [0.2, 0.25) is 0 Å². The van der Waals surface area contributed by atoms with Crippen molar-refractivity contribution >= 4 is 16.6 Å². The minimum Gasteiger partial charge on any atom is -0.505 e. The molecule has 5 heteroatoms. The molecule has 0 radical (unpaired) electrons. The van der Waals surface area contributed by atoms with Crippen molar-refractivity contribution < 1.29 is 5.11 Å². The molecule has 0 spiro atoms. The highest BCUT2D eigenvalue weighted by Crippen LogP contribution is 2.22. The second-order valence-corrected chi connectivity index (χ2v) is 4.20. The van der Waals surface area contributed by atoms with Gasteiger partial charge in [-0.05, 0) is 19.1 Å². The predicted octanol–water partition coefficient (Wildman–Crippen LogP) is 1.67. The first-order valence-corrected chi connectivity index (χ1v) is 5.38. The van der Waals surface area contributed by atoms with Crippen molar-refractivity contribution in [1.82, 2.24) is 9.38 Å². The molecule has 3 rings (SSSR count). The van der Waals surface area contributed by atoms with Crippen LogP contribution in [0.1, 0.15) is 11.1 Å². The second-order valence-electron chi connectivity index (χ2n) is 4.20. The molecule has 5 nitrogen and oxygen atoms in total. The molecular formula is C13H9N3O2. The van der Waals surface area contributed by atoms with Gasteiger partial charge >= 0.3 is 0 Å². The van der Waals surface area contributed by atoms with Gasteiger partial charge in [-0.3, -0.25) is 9.20 Å². The van der Waals surface area contributed by atoms with Gasteiger partial charge in [-0.2, -0.15) is 5.26 Å². The van der Waals surface area contributed by atoms with E-state index < -0.39 is 0 Å². The summed E-state index contributed by atoms with van der Waals surface area (Å²) in [4.78, 5) is 15.2. The van der Waals surface area contributed by atoms with Gasteiger partial charge in [0, 0.05) is 0 Å². The van der Waals surface area contributed by atoms with E-state index >= 15 is 0 Å². The zero-order valence-electron chi connectivity index (χ0n) is 9.56. The van der Waals surface area contributed by atoms with Gasteiger partial charge in [0.15, 0.2) is 5.75 Å². The van der Waals surface area contributed by atoms with Crippen LogP contribution in [0.4, 0.5) is 0 Å². The van der Waals surface area contributed by atoms with Crippen LogP contribution in [0.5, 0.6) is 5.75 Å². The fourth-order valence-corrected chi connectivity index (χ4v) is 2.09. The van der Waals surface area contributed by atoms with Crippen LogP contribution in [0.3, 0.4) is 0 Å². The van der Waals surface area contributed by atoms with E-state index in [1.807, 2.05) is 19.1 Å². The minimum absolute atomic E-state index is 0.0783. The van der Waals surface area contributed by atoms with Crippen molar-refractivity contribution in [3.8, 4) is 11.8 Å². The number of aryl methyl sites for hydroxylation is 1. The van der Waals surface area contributed by atoms with Gasteiger partial charge in [-0.15, -0.1) is 0 Å². The quantitative estimate of drug-likeness (QED) is 0.626. The highest BCUT2D eigenvalue weighted by molar-refractivity contribution is 5.82. The average Bonchev–Trinajstić information content (AvgIpc) is 2.67. The Bertz CT molecular complexity index is 881. The fraction of sp³-hybridized carbons (Fsp3) is 0.0769. The number of H-pyrrole nitrogens is 1. The summed E-state index contributed by atoms with van der Waals surface area (Å²) in [5.74, 6) is -0.196. The molecule has 18 heavy (non-hydrogen) atoms. The molecule has 88 valence electrons. The molecule has 3 aromatic rings. The fourth-order valence-electron chi connectivity index (χ4n) is 2.09. The number of hydrogen-bond donors (Lipinski definition) is 2. The second kappa shape index (κ2) is 3.37. The maximum Gasteiger partial charge on any atom is 0.265 e. The van der Waals surface area contributed by atoms with E-state index in [-0.39, 0.29) is 16.9 Å². The third-order valence-corrected chi connectivity index (χ3v) is 2.97. The van der Waals surface area contributed by atoms with Crippen molar-refractivity contribution in [3.05, 3.63) is 45.9 Å². The van der Waals surface area contributed by atoms with E-state index in [4.69, 9.17) is 5.26 Å². The molecule has 0 atom stereocenters. The molecule has 2 heterocycles. The van der Waals surface area contributed by atoms with Crippen LogP contribution in [-0.2, 0) is 0 Å². The lowest BCUT2D eigenvalue weighted by Crippen LogP contribution is -2.13. The molecule has 0 unspecified atom stereocenters. The number of fused-ring (bicyclic) bond motifs is 2. The van der Waals surface area contributed by atoms with Crippen molar-refractivity contribution in [2.45, 2.75) is 6.92 Å². The lowest BCUT2D eigenvalue weighted by molar-refractivity contribution is 0.474. The third-order valence-electron chi connectivity index (χ3n) is 2.97. The minimum atomic E-state index is -0.251. The van der Waals surface area contributed by atoms with Crippen LogP contribution in [0.15, 0.2) is 29.2 Å². The Hall–Kier alpha value is -2.74. The van der Waals surface area contributed by atoms with Crippen LogP contribution in [0, 0.1) is 18.3 Å². The molecule has 0 aliphatic rings. The molecule has 0 amide bonds. The Morgan fingerprint density at radius 2 is 2.22 bits per heavy atom. The summed E-state index contributed by atoms with van der Waals surface area (Å²) in [5.41, 5.74) is 1.77. The maximum absolute atomic E-state index is 12.2. The number of rotatable bonds is 0. The highest BCUT2D eigenvalue weighted by atomic mass is 16.3. The van der Waals surface area contributed by atoms with Crippen LogP contribution >= 0.6 is 0 Å². The first-order chi connectivity index (χ1) is 8.61. The van der Waals surface area contributed by atoms with Crippen LogP contribution < -0.4 is 5.56 Å². The van der Waals surface area contributed by atoms with Gasteiger partial charge in [-0.1, -0.05) is 11.6 Å². The summed E-state index contributed by atoms with van der Waals surface area (Å²) in [6.45, 7) is 1.90. The predicted molar refractivity (Wildman–Crippen MR) is 66.6 cm³/mol. The smallest absolute Gasteiger partial charge is 0.265 e. The van der Waals surface area contributed by atoms with Crippen LogP contribution in [-0.4, -0.2) is 14.5 Å². The molecule has 0 aliphatic heterocycles. The van der Waals surface area contributed by atoms with Gasteiger partial charge in [0.1, 0.15) is 17.3 Å². The van der Waals surface area contributed by atoms with Gasteiger partial charge in [0.05, 0.1) is 17.1 Å². The Morgan fingerprint density at radius 1 is 1.44 bits per heavy atom. The molecule has 2 aromatic heterocycles. The summed E-state index contributed by atoms with van der Waals surface area (Å²) >= 11 is 0. The van der Waals surface area contributed by atoms with Gasteiger partial charge in [0.25, 0.3) is 5.56 Å². The van der Waals surface area contributed by atoms with Crippen molar-refractivity contribution in [2.24, 2.45) is 0 Å². The van der Waals surface area contributed by atoms with E-state index in [1.165, 1.54) is 10.6 Å². The number of benzene rings is 1. The van der Waals surface area contributed by atoms with E-state index in [1.54, 1.807) is 12.1 Å². The molecule has 0 aliphatic carbocycles. The highest BCUT2D eigenvalue weighted by Gasteiger charge is 2.13. The lowest BCUT2D eigenvalue weighted by atomic mass is 10.2. The summed E-state index contributed by atoms with van der Waals surface area (Å²) in [6.07, 6.45) is 1.26. The Labute approximate surface area is 102 Å². The number of nitriles is 1. The van der Waals surface area contributed by atoms with Gasteiger partial charge in [-0.25, -0.2) is 0 Å². The Morgan fingerprint density at radius 3 is 2.94 bits per heavy atom. The summed E-state index contributed by atoms with van der Waals surface area (Å²) < 4.78 is 1.26. The SMILES string of the molecule is Cc1ccc2[nH]c3c(C#N)c(O)cn3c(=O)c2c1. The molecule has 1 aromatic carbocycles. The monoisotopic (exact) mass is 239 g/mol. The third kappa shape index (κ3) is 1.23. The van der Waals surface area contributed by atoms with Crippen LogP contribution in [0.25, 0.3) is 16.6 Å². The maximum atomic E-state index is 12.2. The number of aromatic amines is 1. The first-order valence-electron chi connectivity index (χ1n) is 5.38. The normalized spacial score (nSPS) is 10.9. The summed E-state index contributed by atoms with van der Waals surface area (Å²) in [6, 6.07) is 7.32. The van der Waals surface area contributed by atoms with Crippen molar-refractivity contribution in [1.29, 1.82) is 5.26 Å². The molecular weight excluding hydrogens is 230 g/mol. The average molecular weight is 239 g/mol. The number of aromatic nitrogens is 2. The van der Waals surface area contributed by atoms with E-state index in [0.717, 1.165) is 5.56 Å². The van der Waals surface area contributed by atoms with E-state index in [2.05, 4.69) is 4.98 Å². The molecule has 0 fully saturated rings. The zero-order chi connectivity index (χ0) is 12.9. The molecule has 0 saturated heterocycles. The number of nitrogens with zero attached hydrogens (tertiary/aromatic N) is 2. The van der Waals surface area contributed by atoms with Crippen molar-refractivity contribution in [3.63, 3.8) is 0 Å². The Kier molecular flexibility index (Phi) is 1.95. The summed E-state index contributed by atoms with van der Waals surface area (Å²) in [5, 5.41) is 19.1. The molecule has 2 N–H and O–H groups in total.